The number of furan rings is 1. The average Bonchev–Trinajstić information content (AvgIpc) is 3.36. The Bertz CT molecular complexity index is 900. The highest BCUT2D eigenvalue weighted by atomic mass is 32.1. The number of thiazole rings is 1. The van der Waals surface area contributed by atoms with Gasteiger partial charge in [0.1, 0.15) is 0 Å². The van der Waals surface area contributed by atoms with Crippen LogP contribution in [-0.2, 0) is 0 Å². The highest BCUT2D eigenvalue weighted by Gasteiger charge is 2.17. The largest absolute Gasteiger partial charge is 0.448 e. The van der Waals surface area contributed by atoms with Crippen LogP contribution in [0.5, 0.6) is 0 Å². The fraction of sp³-hybridized carbons (Fsp3) is 0.455. The number of carbonyl (C=O) groups excluding carboxylic acids is 1. The Morgan fingerprint density at radius 2 is 2.14 bits per heavy atom. The molecule has 28 heavy (non-hydrogen) atoms. The van der Waals surface area contributed by atoms with E-state index in [1.54, 1.807) is 17.4 Å². The molecule has 1 aliphatic rings. The number of hydrogen-bond donors (Lipinski definition) is 1. The molecule has 1 atom stereocenters. The van der Waals surface area contributed by atoms with Gasteiger partial charge < -0.3 is 14.6 Å². The smallest absolute Gasteiger partial charge is 0.287 e. The minimum Gasteiger partial charge on any atom is -0.448 e. The van der Waals surface area contributed by atoms with Crippen molar-refractivity contribution in [1.82, 2.24) is 15.2 Å². The molecule has 1 aliphatic heterocycles. The van der Waals surface area contributed by atoms with E-state index >= 15 is 0 Å². The first-order valence-electron chi connectivity index (χ1n) is 10.2. The average molecular weight is 398 g/mol. The van der Waals surface area contributed by atoms with Crippen LogP contribution in [0.25, 0.3) is 21.0 Å². The molecule has 6 heteroatoms. The summed E-state index contributed by atoms with van der Waals surface area (Å²) in [5, 5.41) is 3.77. The van der Waals surface area contributed by atoms with Crippen LogP contribution >= 0.6 is 11.3 Å². The van der Waals surface area contributed by atoms with Gasteiger partial charge in [0.2, 0.25) is 0 Å². The number of aromatic nitrogens is 1. The Morgan fingerprint density at radius 1 is 1.25 bits per heavy atom. The summed E-state index contributed by atoms with van der Waals surface area (Å²) in [5.74, 6) is 0.836. The minimum absolute atomic E-state index is 0.154. The first-order chi connectivity index (χ1) is 13.7. The number of nitrogens with zero attached hydrogens (tertiary/aromatic N) is 2. The number of amides is 1. The van der Waals surface area contributed by atoms with Gasteiger partial charge in [-0.25, -0.2) is 4.98 Å². The normalized spacial score (nSPS) is 17.8. The molecular weight excluding hydrogens is 370 g/mol. The molecule has 0 spiro atoms. The molecule has 1 aromatic carbocycles. The quantitative estimate of drug-likeness (QED) is 0.574. The molecule has 0 saturated carbocycles. The number of hydrogen-bond acceptors (Lipinski definition) is 5. The Morgan fingerprint density at radius 3 is 3.00 bits per heavy atom. The van der Waals surface area contributed by atoms with Crippen LogP contribution in [0.2, 0.25) is 0 Å². The molecule has 0 aliphatic carbocycles. The molecule has 4 rings (SSSR count). The summed E-state index contributed by atoms with van der Waals surface area (Å²) in [7, 11) is 0. The maximum Gasteiger partial charge on any atom is 0.287 e. The molecule has 0 bridgehead atoms. The van der Waals surface area contributed by atoms with Crippen molar-refractivity contribution in [2.45, 2.75) is 45.1 Å². The lowest BCUT2D eigenvalue weighted by Crippen LogP contribution is -2.38. The molecule has 1 N–H and O–H groups in total. The van der Waals surface area contributed by atoms with E-state index in [1.807, 2.05) is 30.3 Å². The van der Waals surface area contributed by atoms with Crippen molar-refractivity contribution in [3.63, 3.8) is 0 Å². The number of para-hydroxylation sites is 1. The SMILES string of the molecule is CC1CCCCN1CCCCNC(=O)c1ccc(-c2nc3ccccc3s2)o1. The van der Waals surface area contributed by atoms with E-state index in [1.165, 1.54) is 25.8 Å². The highest BCUT2D eigenvalue weighted by Crippen LogP contribution is 2.31. The number of fused-ring (bicyclic) bond motifs is 1. The lowest BCUT2D eigenvalue weighted by molar-refractivity contribution is 0.0925. The molecule has 3 aromatic rings. The van der Waals surface area contributed by atoms with Crippen molar-refractivity contribution in [3.8, 4) is 10.8 Å². The van der Waals surface area contributed by atoms with E-state index in [2.05, 4.69) is 22.1 Å². The summed E-state index contributed by atoms with van der Waals surface area (Å²) in [5.41, 5.74) is 0.952. The fourth-order valence-corrected chi connectivity index (χ4v) is 4.70. The first-order valence-corrected chi connectivity index (χ1v) is 11.0. The van der Waals surface area contributed by atoms with Gasteiger partial charge in [-0.15, -0.1) is 11.3 Å². The van der Waals surface area contributed by atoms with Gasteiger partial charge in [0.15, 0.2) is 16.5 Å². The van der Waals surface area contributed by atoms with Gasteiger partial charge in [-0.3, -0.25) is 4.79 Å². The minimum atomic E-state index is -0.154. The van der Waals surface area contributed by atoms with Crippen molar-refractivity contribution in [2.24, 2.45) is 0 Å². The predicted octanol–water partition coefficient (Wildman–Crippen LogP) is 4.94. The van der Waals surface area contributed by atoms with Gasteiger partial charge in [0.25, 0.3) is 5.91 Å². The number of unbranched alkanes of at least 4 members (excludes halogenated alkanes) is 1. The van der Waals surface area contributed by atoms with Crippen molar-refractivity contribution in [2.75, 3.05) is 19.6 Å². The van der Waals surface area contributed by atoms with E-state index in [0.29, 0.717) is 24.1 Å². The van der Waals surface area contributed by atoms with Gasteiger partial charge in [0.05, 0.1) is 10.2 Å². The van der Waals surface area contributed by atoms with Crippen LogP contribution < -0.4 is 5.32 Å². The highest BCUT2D eigenvalue weighted by molar-refractivity contribution is 7.21. The number of piperidine rings is 1. The second kappa shape index (κ2) is 8.88. The monoisotopic (exact) mass is 397 g/mol. The standard InChI is InChI=1S/C22H27N3O2S/c1-16-8-4-6-14-25(16)15-7-5-13-23-21(26)18-11-12-19(27-18)22-24-17-9-2-3-10-20(17)28-22/h2-3,9-12,16H,4-8,13-15H2,1H3,(H,23,26). The summed E-state index contributed by atoms with van der Waals surface area (Å²) in [6.45, 7) is 5.34. The number of rotatable bonds is 7. The lowest BCUT2D eigenvalue weighted by Gasteiger charge is -2.33. The zero-order chi connectivity index (χ0) is 19.3. The van der Waals surface area contributed by atoms with E-state index in [-0.39, 0.29) is 5.91 Å². The van der Waals surface area contributed by atoms with Crippen LogP contribution in [0, 0.1) is 0 Å². The Kier molecular flexibility index (Phi) is 6.07. The van der Waals surface area contributed by atoms with Crippen LogP contribution in [0.15, 0.2) is 40.8 Å². The molecule has 148 valence electrons. The summed E-state index contributed by atoms with van der Waals surface area (Å²) in [6, 6.07) is 12.2. The second-order valence-electron chi connectivity index (χ2n) is 7.49. The number of likely N-dealkylation sites (tertiary alicyclic amines) is 1. The maximum atomic E-state index is 12.3. The Labute approximate surface area is 169 Å². The number of nitrogens with one attached hydrogen (secondary N) is 1. The topological polar surface area (TPSA) is 58.4 Å². The van der Waals surface area contributed by atoms with Crippen LogP contribution in [0.1, 0.15) is 49.6 Å². The van der Waals surface area contributed by atoms with Crippen LogP contribution in [0.4, 0.5) is 0 Å². The zero-order valence-corrected chi connectivity index (χ0v) is 17.1. The third-order valence-corrected chi connectivity index (χ3v) is 6.48. The predicted molar refractivity (Wildman–Crippen MR) is 114 cm³/mol. The Balaban J connectivity index is 1.25. The number of carbonyl (C=O) groups is 1. The Hall–Kier alpha value is -2.18. The van der Waals surface area contributed by atoms with Crippen molar-refractivity contribution >= 4 is 27.5 Å². The third kappa shape index (κ3) is 4.45. The lowest BCUT2D eigenvalue weighted by atomic mass is 10.0. The molecule has 1 unspecified atom stereocenters. The van der Waals surface area contributed by atoms with Crippen molar-refractivity contribution in [3.05, 3.63) is 42.2 Å². The van der Waals surface area contributed by atoms with Gasteiger partial charge in [0, 0.05) is 12.6 Å². The van der Waals surface area contributed by atoms with Gasteiger partial charge >= 0.3 is 0 Å². The first kappa shape index (κ1) is 19.2. The molecule has 1 saturated heterocycles. The van der Waals surface area contributed by atoms with Crippen LogP contribution in [0.3, 0.4) is 0 Å². The van der Waals surface area contributed by atoms with Crippen LogP contribution in [-0.4, -0.2) is 41.5 Å². The summed E-state index contributed by atoms with van der Waals surface area (Å²) >= 11 is 1.57. The third-order valence-electron chi connectivity index (χ3n) is 5.43. The second-order valence-corrected chi connectivity index (χ2v) is 8.53. The molecule has 1 amide bonds. The zero-order valence-electron chi connectivity index (χ0n) is 16.3. The molecular formula is C22H27N3O2S. The van der Waals surface area contributed by atoms with E-state index in [0.717, 1.165) is 34.6 Å². The summed E-state index contributed by atoms with van der Waals surface area (Å²) < 4.78 is 6.87. The van der Waals surface area contributed by atoms with E-state index < -0.39 is 0 Å². The van der Waals surface area contributed by atoms with Gasteiger partial charge in [-0.1, -0.05) is 18.6 Å². The van der Waals surface area contributed by atoms with Crippen molar-refractivity contribution < 1.29 is 9.21 Å². The number of benzene rings is 1. The van der Waals surface area contributed by atoms with E-state index in [9.17, 15) is 4.79 Å². The maximum absolute atomic E-state index is 12.3. The van der Waals surface area contributed by atoms with Crippen molar-refractivity contribution in [1.29, 1.82) is 0 Å². The van der Waals surface area contributed by atoms with Gasteiger partial charge in [-0.05, 0) is 70.0 Å². The fourth-order valence-electron chi connectivity index (χ4n) is 3.77. The molecule has 3 heterocycles. The molecule has 2 aromatic heterocycles. The van der Waals surface area contributed by atoms with Gasteiger partial charge in [-0.2, -0.15) is 0 Å². The molecule has 1 fully saturated rings. The summed E-state index contributed by atoms with van der Waals surface area (Å²) in [4.78, 5) is 19.5. The molecule has 0 radical (unpaired) electrons. The molecule has 5 nitrogen and oxygen atoms in total. The summed E-state index contributed by atoms with van der Waals surface area (Å²) in [6.07, 6.45) is 6.08. The van der Waals surface area contributed by atoms with E-state index in [4.69, 9.17) is 4.42 Å².